The molecule has 0 spiro atoms. The van der Waals surface area contributed by atoms with E-state index in [0.717, 1.165) is 24.0 Å². The second-order valence-corrected chi connectivity index (χ2v) is 2.82. The minimum absolute atomic E-state index is 0.148. The number of halogens is 1. The van der Waals surface area contributed by atoms with E-state index in [0.29, 0.717) is 0 Å². The maximum absolute atomic E-state index is 13.2. The third-order valence-electron chi connectivity index (χ3n) is 1.84. The van der Waals surface area contributed by atoms with Gasteiger partial charge < -0.3 is 0 Å². The van der Waals surface area contributed by atoms with Crippen LogP contribution in [0.25, 0.3) is 0 Å². The quantitative estimate of drug-likeness (QED) is 0.576. The summed E-state index contributed by atoms with van der Waals surface area (Å²) in [6.07, 6.45) is 1.53. The molecule has 0 unspecified atom stereocenters. The molecule has 0 heterocycles. The Labute approximate surface area is 78.8 Å². The second-order valence-electron chi connectivity index (χ2n) is 2.82. The lowest BCUT2D eigenvalue weighted by Gasteiger charge is -1.98. The van der Waals surface area contributed by atoms with Crippen LogP contribution in [-0.2, 0) is 6.42 Å². The average Bonchev–Trinajstić information content (AvgIpc) is 2.15. The molecule has 0 atom stereocenters. The van der Waals surface area contributed by atoms with E-state index in [4.69, 9.17) is 0 Å². The van der Waals surface area contributed by atoms with Gasteiger partial charge in [0.15, 0.2) is 0 Å². The van der Waals surface area contributed by atoms with E-state index in [1.165, 1.54) is 6.07 Å². The SMILES string of the molecule is CCC#Cc1ccc(CC)c(F)c1. The molecule has 0 aliphatic rings. The van der Waals surface area contributed by atoms with E-state index in [2.05, 4.69) is 11.8 Å². The first-order valence-electron chi connectivity index (χ1n) is 4.55. The number of hydrogen-bond acceptors (Lipinski definition) is 0. The van der Waals surface area contributed by atoms with Crippen LogP contribution in [0.3, 0.4) is 0 Å². The van der Waals surface area contributed by atoms with Gasteiger partial charge >= 0.3 is 0 Å². The minimum Gasteiger partial charge on any atom is -0.207 e. The Morgan fingerprint density at radius 1 is 1.31 bits per heavy atom. The molecule has 0 N–H and O–H groups in total. The van der Waals surface area contributed by atoms with Crippen molar-refractivity contribution >= 4 is 0 Å². The highest BCUT2D eigenvalue weighted by Crippen LogP contribution is 2.10. The smallest absolute Gasteiger partial charge is 0.127 e. The summed E-state index contributed by atoms with van der Waals surface area (Å²) in [6, 6.07) is 5.17. The van der Waals surface area contributed by atoms with Crippen molar-refractivity contribution < 1.29 is 4.39 Å². The summed E-state index contributed by atoms with van der Waals surface area (Å²) >= 11 is 0. The Morgan fingerprint density at radius 3 is 2.62 bits per heavy atom. The van der Waals surface area contributed by atoms with Gasteiger partial charge in [-0.3, -0.25) is 0 Å². The molecule has 0 bridgehead atoms. The maximum atomic E-state index is 13.2. The molecule has 1 aromatic rings. The summed E-state index contributed by atoms with van der Waals surface area (Å²) in [4.78, 5) is 0. The predicted octanol–water partition coefficient (Wildman–Crippen LogP) is 3.15. The van der Waals surface area contributed by atoms with Gasteiger partial charge in [0.2, 0.25) is 0 Å². The van der Waals surface area contributed by atoms with Crippen LogP contribution in [0.15, 0.2) is 18.2 Å². The summed E-state index contributed by atoms with van der Waals surface area (Å²) in [7, 11) is 0. The lowest BCUT2D eigenvalue weighted by atomic mass is 10.1. The van der Waals surface area contributed by atoms with Crippen LogP contribution in [0.4, 0.5) is 4.39 Å². The number of aryl methyl sites for hydroxylation is 1. The lowest BCUT2D eigenvalue weighted by molar-refractivity contribution is 0.612. The van der Waals surface area contributed by atoms with Crippen molar-refractivity contribution in [3.63, 3.8) is 0 Å². The monoisotopic (exact) mass is 176 g/mol. The molecule has 1 aromatic carbocycles. The highest BCUT2D eigenvalue weighted by molar-refractivity contribution is 5.36. The van der Waals surface area contributed by atoms with Crippen molar-refractivity contribution in [1.29, 1.82) is 0 Å². The number of benzene rings is 1. The van der Waals surface area contributed by atoms with Crippen LogP contribution in [0, 0.1) is 17.7 Å². The largest absolute Gasteiger partial charge is 0.207 e. The van der Waals surface area contributed by atoms with E-state index in [1.807, 2.05) is 19.9 Å². The number of rotatable bonds is 1. The van der Waals surface area contributed by atoms with Gasteiger partial charge in [-0.15, -0.1) is 0 Å². The van der Waals surface area contributed by atoms with Crippen molar-refractivity contribution in [2.24, 2.45) is 0 Å². The first-order valence-corrected chi connectivity index (χ1v) is 4.55. The average molecular weight is 176 g/mol. The molecule has 0 fully saturated rings. The Morgan fingerprint density at radius 2 is 2.08 bits per heavy atom. The molecule has 0 aliphatic carbocycles. The van der Waals surface area contributed by atoms with E-state index < -0.39 is 0 Å². The van der Waals surface area contributed by atoms with E-state index in [9.17, 15) is 4.39 Å². The van der Waals surface area contributed by atoms with Crippen LogP contribution in [0.1, 0.15) is 31.4 Å². The molecule has 0 aliphatic heterocycles. The van der Waals surface area contributed by atoms with Crippen molar-refractivity contribution in [2.45, 2.75) is 26.7 Å². The maximum Gasteiger partial charge on any atom is 0.127 e. The van der Waals surface area contributed by atoms with E-state index in [-0.39, 0.29) is 5.82 Å². The van der Waals surface area contributed by atoms with Gasteiger partial charge in [-0.25, -0.2) is 4.39 Å². The molecule has 0 saturated heterocycles. The van der Waals surface area contributed by atoms with Crippen molar-refractivity contribution in [3.05, 3.63) is 35.1 Å². The first kappa shape index (κ1) is 9.80. The molecule has 1 heteroatoms. The highest BCUT2D eigenvalue weighted by Gasteiger charge is 1.98. The molecule has 0 saturated carbocycles. The topological polar surface area (TPSA) is 0 Å². The molecular formula is C12H13F. The first-order chi connectivity index (χ1) is 6.27. The van der Waals surface area contributed by atoms with Crippen molar-refractivity contribution in [3.8, 4) is 11.8 Å². The van der Waals surface area contributed by atoms with Gasteiger partial charge in [-0.05, 0) is 24.1 Å². The van der Waals surface area contributed by atoms with Gasteiger partial charge in [0, 0.05) is 12.0 Å². The zero-order valence-corrected chi connectivity index (χ0v) is 8.02. The summed E-state index contributed by atoms with van der Waals surface area (Å²) in [5.74, 6) is 5.66. The highest BCUT2D eigenvalue weighted by atomic mass is 19.1. The molecule has 68 valence electrons. The molecular weight excluding hydrogens is 163 g/mol. The Hall–Kier alpha value is -1.29. The Bertz CT molecular complexity index is 342. The Balaban J connectivity index is 2.96. The molecule has 0 amide bonds. The summed E-state index contributed by atoms with van der Waals surface area (Å²) in [5, 5.41) is 0. The van der Waals surface area contributed by atoms with Crippen LogP contribution in [0.2, 0.25) is 0 Å². The fourth-order valence-electron chi connectivity index (χ4n) is 1.10. The van der Waals surface area contributed by atoms with E-state index >= 15 is 0 Å². The Kier molecular flexibility index (Phi) is 3.52. The van der Waals surface area contributed by atoms with Crippen LogP contribution >= 0.6 is 0 Å². The third-order valence-corrected chi connectivity index (χ3v) is 1.84. The predicted molar refractivity (Wildman–Crippen MR) is 52.9 cm³/mol. The van der Waals surface area contributed by atoms with Gasteiger partial charge in [0.05, 0.1) is 0 Å². The zero-order chi connectivity index (χ0) is 9.68. The zero-order valence-electron chi connectivity index (χ0n) is 8.02. The second kappa shape index (κ2) is 4.67. The lowest BCUT2D eigenvalue weighted by Crippen LogP contribution is -1.88. The van der Waals surface area contributed by atoms with Crippen molar-refractivity contribution in [2.75, 3.05) is 0 Å². The molecule has 1 rings (SSSR count). The van der Waals surface area contributed by atoms with Crippen LogP contribution in [-0.4, -0.2) is 0 Å². The molecule has 0 radical (unpaired) electrons. The summed E-state index contributed by atoms with van der Waals surface area (Å²) in [5.41, 5.74) is 1.51. The number of hydrogen-bond donors (Lipinski definition) is 0. The third kappa shape index (κ3) is 2.59. The molecule has 0 aromatic heterocycles. The molecule has 0 nitrogen and oxygen atoms in total. The van der Waals surface area contributed by atoms with Gasteiger partial charge in [-0.1, -0.05) is 31.8 Å². The fraction of sp³-hybridized carbons (Fsp3) is 0.333. The van der Waals surface area contributed by atoms with Crippen molar-refractivity contribution in [1.82, 2.24) is 0 Å². The van der Waals surface area contributed by atoms with Gasteiger partial charge in [-0.2, -0.15) is 0 Å². The standard InChI is InChI=1S/C12H13F/c1-3-5-6-10-7-8-11(4-2)12(13)9-10/h7-9H,3-4H2,1-2H3. The van der Waals surface area contributed by atoms with Gasteiger partial charge in [0.25, 0.3) is 0 Å². The van der Waals surface area contributed by atoms with Gasteiger partial charge in [0.1, 0.15) is 5.82 Å². The van der Waals surface area contributed by atoms with Crippen LogP contribution < -0.4 is 0 Å². The fourth-order valence-corrected chi connectivity index (χ4v) is 1.10. The molecule has 13 heavy (non-hydrogen) atoms. The minimum atomic E-state index is -0.148. The summed E-state index contributed by atoms with van der Waals surface area (Å²) in [6.45, 7) is 3.92. The normalized spacial score (nSPS) is 9.15. The van der Waals surface area contributed by atoms with Crippen LogP contribution in [0.5, 0.6) is 0 Å². The van der Waals surface area contributed by atoms with E-state index in [1.54, 1.807) is 6.07 Å². The summed E-state index contributed by atoms with van der Waals surface area (Å²) < 4.78 is 13.2.